The average Bonchev–Trinajstić information content (AvgIpc) is 4.11. The van der Waals surface area contributed by atoms with Crippen LogP contribution in [0.3, 0.4) is 0 Å². The highest BCUT2D eigenvalue weighted by atomic mass is 35.5. The number of rotatable bonds is 16. The molecule has 4 heterocycles. The Labute approximate surface area is 356 Å². The van der Waals surface area contributed by atoms with Gasteiger partial charge in [0.1, 0.15) is 5.75 Å². The second-order valence-electron chi connectivity index (χ2n) is 17.1. The summed E-state index contributed by atoms with van der Waals surface area (Å²) < 4.78 is 7.50. The lowest BCUT2D eigenvalue weighted by molar-refractivity contribution is -0.140. The van der Waals surface area contributed by atoms with Gasteiger partial charge in [-0.05, 0) is 94.3 Å². The van der Waals surface area contributed by atoms with E-state index in [9.17, 15) is 19.5 Å². The number of carbonyl (C=O) groups excluding carboxylic acids is 2. The molecule has 0 radical (unpaired) electrons. The molecule has 2 saturated heterocycles. The van der Waals surface area contributed by atoms with Gasteiger partial charge in [-0.3, -0.25) is 23.9 Å². The number of carbonyl (C=O) groups is 2. The van der Waals surface area contributed by atoms with Gasteiger partial charge >= 0.3 is 0 Å². The first-order valence-electron chi connectivity index (χ1n) is 21.6. The minimum atomic E-state index is -1.16. The van der Waals surface area contributed by atoms with E-state index in [0.29, 0.717) is 91.5 Å². The maximum absolute atomic E-state index is 14.1. The fourth-order valence-electron chi connectivity index (χ4n) is 8.57. The Bertz CT molecular complexity index is 2350. The Morgan fingerprint density at radius 1 is 0.933 bits per heavy atom. The molecule has 0 spiro atoms. The van der Waals surface area contributed by atoms with Crippen LogP contribution in [0.2, 0.25) is 5.02 Å². The summed E-state index contributed by atoms with van der Waals surface area (Å²) in [5.41, 5.74) is 2.49. The zero-order chi connectivity index (χ0) is 41.6. The Morgan fingerprint density at radius 3 is 2.47 bits per heavy atom. The Hall–Kier alpha value is -4.88. The van der Waals surface area contributed by atoms with Crippen LogP contribution in [0.25, 0.3) is 21.8 Å². The van der Waals surface area contributed by atoms with Crippen molar-refractivity contribution in [2.24, 2.45) is 5.92 Å². The van der Waals surface area contributed by atoms with Crippen molar-refractivity contribution >= 4 is 45.2 Å². The normalized spacial score (nSPS) is 17.8. The smallest absolute Gasteiger partial charge is 0.261 e. The van der Waals surface area contributed by atoms with Gasteiger partial charge in [0.25, 0.3) is 11.5 Å². The summed E-state index contributed by atoms with van der Waals surface area (Å²) in [7, 11) is 2.16. The third-order valence-electron chi connectivity index (χ3n) is 12.5. The fraction of sp³-hybridized carbons (Fsp3) is 0.468. The van der Waals surface area contributed by atoms with Crippen molar-refractivity contribution < 1.29 is 19.4 Å². The molecule has 1 aliphatic carbocycles. The third kappa shape index (κ3) is 10.3. The van der Waals surface area contributed by atoms with Crippen LogP contribution < -0.4 is 15.6 Å². The van der Waals surface area contributed by atoms with Crippen LogP contribution >= 0.6 is 11.6 Å². The standard InChI is InChI=1S/C47H56ClN7O5/c1-52-22-24-53(25-23-52)19-6-26-60-37-13-15-39-42(29-37)50-32-55(46(39)58)31-47(59)16-20-54(21-17-47)45(57)36(27-33-7-3-2-4-8-33)9-5-18-49-44(56)35-12-14-38-40(48)30-41(34-10-11-34)51-43(38)28-35/h2-4,7-8,12-15,28-30,32,34,36,59H,5-6,9-11,16-27,31H2,1H3,(H,49,56)/t36-/m1/s1. The van der Waals surface area contributed by atoms with Crippen molar-refractivity contribution in [3.05, 3.63) is 111 Å². The highest BCUT2D eigenvalue weighted by molar-refractivity contribution is 6.35. The number of halogens is 1. The molecular formula is C47H56ClN7O5. The molecule has 3 fully saturated rings. The van der Waals surface area contributed by atoms with Gasteiger partial charge in [0, 0.05) is 86.9 Å². The van der Waals surface area contributed by atoms with E-state index in [1.807, 2.05) is 53.4 Å². The van der Waals surface area contributed by atoms with Crippen molar-refractivity contribution in [2.75, 3.05) is 66.0 Å². The summed E-state index contributed by atoms with van der Waals surface area (Å²) in [6.07, 6.45) is 7.14. The molecule has 8 rings (SSSR count). The van der Waals surface area contributed by atoms with Crippen molar-refractivity contribution in [1.82, 2.24) is 34.6 Å². The number of piperidine rings is 1. The molecule has 2 N–H and O–H groups in total. The Kier molecular flexibility index (Phi) is 13.1. The third-order valence-corrected chi connectivity index (χ3v) is 12.8. The molecule has 60 heavy (non-hydrogen) atoms. The molecule has 3 aliphatic rings. The lowest BCUT2D eigenvalue weighted by Crippen LogP contribution is -2.51. The number of likely N-dealkylation sites (tertiary alicyclic amines) is 1. The molecule has 3 aromatic carbocycles. The summed E-state index contributed by atoms with van der Waals surface area (Å²) in [4.78, 5) is 56.9. The van der Waals surface area contributed by atoms with Crippen molar-refractivity contribution in [2.45, 2.75) is 69.4 Å². The summed E-state index contributed by atoms with van der Waals surface area (Å²) in [5, 5.41) is 16.7. The van der Waals surface area contributed by atoms with Gasteiger partial charge in [0.05, 0.1) is 46.5 Å². The number of nitrogens with zero attached hydrogens (tertiary/aromatic N) is 6. The number of benzene rings is 3. The van der Waals surface area contributed by atoms with Crippen LogP contribution in [0, 0.1) is 5.92 Å². The first-order valence-corrected chi connectivity index (χ1v) is 21.9. The SMILES string of the molecule is CN1CCN(CCCOc2ccc3c(=O)n(CC4(O)CCN(C(=O)[C@H](CCCNC(=O)c5ccc6c(Cl)cc(C7CC7)nc6c5)Cc5ccccc5)CC4)cnc3c2)CC1. The predicted molar refractivity (Wildman–Crippen MR) is 235 cm³/mol. The number of hydrogen-bond donors (Lipinski definition) is 2. The van der Waals surface area contributed by atoms with Crippen molar-refractivity contribution in [3.63, 3.8) is 0 Å². The molecule has 2 aromatic heterocycles. The van der Waals surface area contributed by atoms with Gasteiger partial charge in [-0.15, -0.1) is 0 Å². The minimum absolute atomic E-state index is 0.0399. The molecule has 13 heteroatoms. The van der Waals surface area contributed by atoms with E-state index < -0.39 is 5.60 Å². The molecular weight excluding hydrogens is 778 g/mol. The first kappa shape index (κ1) is 41.8. The highest BCUT2D eigenvalue weighted by Gasteiger charge is 2.36. The zero-order valence-corrected chi connectivity index (χ0v) is 35.3. The van der Waals surface area contributed by atoms with E-state index in [1.54, 1.807) is 24.3 Å². The number of ether oxygens (including phenoxy) is 1. The molecule has 12 nitrogen and oxygen atoms in total. The molecule has 0 bridgehead atoms. The Balaban J connectivity index is 0.836. The summed E-state index contributed by atoms with van der Waals surface area (Å²) >= 11 is 6.54. The second kappa shape index (κ2) is 18.8. The molecule has 0 unspecified atom stereocenters. The van der Waals surface area contributed by atoms with Crippen LogP contribution in [0.1, 0.15) is 72.5 Å². The number of nitrogens with one attached hydrogen (secondary N) is 1. The van der Waals surface area contributed by atoms with Gasteiger partial charge in [-0.2, -0.15) is 0 Å². The van der Waals surface area contributed by atoms with Crippen LogP contribution in [0.15, 0.2) is 83.9 Å². The number of pyridine rings is 1. The lowest BCUT2D eigenvalue weighted by Gasteiger charge is -2.39. The molecule has 316 valence electrons. The van der Waals surface area contributed by atoms with Crippen LogP contribution in [0.5, 0.6) is 5.75 Å². The maximum atomic E-state index is 14.1. The lowest BCUT2D eigenvalue weighted by atomic mass is 9.88. The van der Waals surface area contributed by atoms with Crippen LogP contribution in [-0.4, -0.2) is 118 Å². The van der Waals surface area contributed by atoms with E-state index in [4.69, 9.17) is 21.3 Å². The predicted octanol–water partition coefficient (Wildman–Crippen LogP) is 5.91. The quantitative estimate of drug-likeness (QED) is 0.117. The van der Waals surface area contributed by atoms with Crippen LogP contribution in [-0.2, 0) is 17.8 Å². The van der Waals surface area contributed by atoms with Gasteiger partial charge in [-0.1, -0.05) is 48.0 Å². The summed E-state index contributed by atoms with van der Waals surface area (Å²) in [6, 6.07) is 22.7. The average molecular weight is 834 g/mol. The zero-order valence-electron chi connectivity index (χ0n) is 34.5. The number of amides is 2. The van der Waals surface area contributed by atoms with E-state index in [2.05, 4.69) is 27.1 Å². The fourth-order valence-corrected chi connectivity index (χ4v) is 8.84. The molecule has 1 atom stereocenters. The van der Waals surface area contributed by atoms with Gasteiger partial charge < -0.3 is 29.9 Å². The number of piperazine rings is 1. The van der Waals surface area contributed by atoms with Crippen molar-refractivity contribution in [3.8, 4) is 5.75 Å². The maximum Gasteiger partial charge on any atom is 0.261 e. The topological polar surface area (TPSA) is 133 Å². The molecule has 1 saturated carbocycles. The molecule has 2 amide bonds. The minimum Gasteiger partial charge on any atom is -0.493 e. The second-order valence-corrected chi connectivity index (χ2v) is 17.5. The first-order chi connectivity index (χ1) is 29.1. The van der Waals surface area contributed by atoms with Crippen molar-refractivity contribution in [1.29, 1.82) is 0 Å². The van der Waals surface area contributed by atoms with Gasteiger partial charge in [0.2, 0.25) is 5.91 Å². The largest absolute Gasteiger partial charge is 0.493 e. The monoisotopic (exact) mass is 833 g/mol. The molecule has 5 aromatic rings. The highest BCUT2D eigenvalue weighted by Crippen LogP contribution is 2.41. The number of aromatic nitrogens is 3. The van der Waals surface area contributed by atoms with Gasteiger partial charge in [-0.25, -0.2) is 4.98 Å². The Morgan fingerprint density at radius 2 is 1.70 bits per heavy atom. The van der Waals surface area contributed by atoms with Crippen LogP contribution in [0.4, 0.5) is 0 Å². The summed E-state index contributed by atoms with van der Waals surface area (Å²) in [6.45, 7) is 7.22. The van der Waals surface area contributed by atoms with E-state index in [-0.39, 0.29) is 29.8 Å². The van der Waals surface area contributed by atoms with E-state index in [0.717, 1.165) is 74.1 Å². The van der Waals surface area contributed by atoms with E-state index >= 15 is 0 Å². The number of likely N-dealkylation sites (N-methyl/N-ethyl adjacent to an activating group) is 1. The number of aliphatic hydroxyl groups is 1. The van der Waals surface area contributed by atoms with E-state index in [1.165, 1.54) is 10.9 Å². The number of fused-ring (bicyclic) bond motifs is 2. The number of hydrogen-bond acceptors (Lipinski definition) is 9. The summed E-state index contributed by atoms with van der Waals surface area (Å²) in [5.74, 6) is 0.701. The molecule has 2 aliphatic heterocycles. The van der Waals surface area contributed by atoms with Gasteiger partial charge in [0.15, 0.2) is 0 Å².